The lowest BCUT2D eigenvalue weighted by atomic mass is 9.92. The molecule has 1 aliphatic rings. The normalized spacial score (nSPS) is 14.5. The lowest BCUT2D eigenvalue weighted by Gasteiger charge is -2.11. The minimum Gasteiger partial charge on any atom is -0.346 e. The minimum absolute atomic E-state index is 0.0781. The summed E-state index contributed by atoms with van der Waals surface area (Å²) in [7, 11) is 0. The molecule has 15 heavy (non-hydrogen) atoms. The Balaban J connectivity index is 2.51. The van der Waals surface area contributed by atoms with Crippen molar-refractivity contribution in [1.82, 2.24) is 4.98 Å². The van der Waals surface area contributed by atoms with Crippen LogP contribution in [0.2, 0.25) is 0 Å². The molecule has 0 fully saturated rings. The molecule has 0 saturated heterocycles. The third-order valence-electron chi connectivity index (χ3n) is 2.75. The van der Waals surface area contributed by atoms with Gasteiger partial charge in [0.05, 0.1) is 5.69 Å². The zero-order valence-corrected chi connectivity index (χ0v) is 8.01. The van der Waals surface area contributed by atoms with Crippen LogP contribution < -0.4 is 0 Å². The van der Waals surface area contributed by atoms with Gasteiger partial charge in [0, 0.05) is 4.53 Å². The number of halogens is 1. The molecule has 1 N–H and O–H groups in total. The summed E-state index contributed by atoms with van der Waals surface area (Å²) in [6, 6.07) is 0. The number of aromatic nitrogens is 1. The van der Waals surface area contributed by atoms with E-state index in [1.54, 1.807) is 0 Å². The Morgan fingerprint density at radius 2 is 2.00 bits per heavy atom. The van der Waals surface area contributed by atoms with E-state index in [0.717, 1.165) is 30.4 Å². The number of hydrogen-bond acceptors (Lipinski definition) is 3. The van der Waals surface area contributed by atoms with Crippen molar-refractivity contribution in [3.8, 4) is 0 Å². The second-order valence-electron chi connectivity index (χ2n) is 3.56. The molecule has 1 aromatic rings. The zero-order chi connectivity index (χ0) is 10.8. The maximum atomic E-state index is 11.8. The fourth-order valence-electron chi connectivity index (χ4n) is 2.08. The molecule has 1 heterocycles. The SMILES string of the molecule is O=Cc1[nH]c(C(=O)OF)c2c1CCCC2. The molecular formula is C10H10FNO3. The monoisotopic (exact) mass is 211 g/mol. The summed E-state index contributed by atoms with van der Waals surface area (Å²) in [5.41, 5.74) is 2.00. The molecule has 0 spiro atoms. The van der Waals surface area contributed by atoms with Gasteiger partial charge in [-0.3, -0.25) is 4.79 Å². The molecule has 1 aromatic heterocycles. The number of rotatable bonds is 2. The highest BCUT2D eigenvalue weighted by atomic mass is 19.3. The summed E-state index contributed by atoms with van der Waals surface area (Å²) in [5.74, 6) is -1.05. The lowest BCUT2D eigenvalue weighted by molar-refractivity contribution is -0.0793. The van der Waals surface area contributed by atoms with Gasteiger partial charge in [-0.2, -0.15) is 0 Å². The van der Waals surface area contributed by atoms with Gasteiger partial charge in [-0.05, 0) is 36.8 Å². The third-order valence-corrected chi connectivity index (χ3v) is 2.75. The number of carbonyl (C=O) groups excluding carboxylic acids is 2. The van der Waals surface area contributed by atoms with Crippen LogP contribution >= 0.6 is 0 Å². The van der Waals surface area contributed by atoms with Crippen molar-refractivity contribution in [3.63, 3.8) is 0 Å². The fourth-order valence-corrected chi connectivity index (χ4v) is 2.08. The summed E-state index contributed by atoms with van der Waals surface area (Å²) >= 11 is 0. The Morgan fingerprint density at radius 3 is 2.60 bits per heavy atom. The van der Waals surface area contributed by atoms with Crippen molar-refractivity contribution in [2.75, 3.05) is 0 Å². The van der Waals surface area contributed by atoms with Gasteiger partial charge in [0.2, 0.25) is 0 Å². The van der Waals surface area contributed by atoms with Gasteiger partial charge in [-0.15, -0.1) is 0 Å². The molecule has 0 aliphatic heterocycles. The molecule has 0 bridgehead atoms. The van der Waals surface area contributed by atoms with Crippen LogP contribution in [0.5, 0.6) is 0 Å². The van der Waals surface area contributed by atoms with Crippen LogP contribution in [0, 0.1) is 0 Å². The fraction of sp³-hybridized carbons (Fsp3) is 0.400. The molecule has 0 atom stereocenters. The predicted molar refractivity (Wildman–Crippen MR) is 49.3 cm³/mol. The maximum Gasteiger partial charge on any atom is 0.395 e. The van der Waals surface area contributed by atoms with E-state index >= 15 is 0 Å². The van der Waals surface area contributed by atoms with Crippen LogP contribution in [0.15, 0.2) is 0 Å². The van der Waals surface area contributed by atoms with E-state index < -0.39 is 5.97 Å². The van der Waals surface area contributed by atoms with Gasteiger partial charge >= 0.3 is 5.97 Å². The maximum absolute atomic E-state index is 11.8. The van der Waals surface area contributed by atoms with Crippen molar-refractivity contribution in [2.45, 2.75) is 25.7 Å². The summed E-state index contributed by atoms with van der Waals surface area (Å²) in [5, 5.41) is 0. The number of fused-ring (bicyclic) bond motifs is 1. The average Bonchev–Trinajstić information content (AvgIpc) is 2.67. The topological polar surface area (TPSA) is 59.2 Å². The molecule has 0 unspecified atom stereocenters. The number of aromatic amines is 1. The molecule has 0 saturated carbocycles. The van der Waals surface area contributed by atoms with Crippen LogP contribution in [-0.4, -0.2) is 17.2 Å². The molecule has 0 aromatic carbocycles. The first-order valence-electron chi connectivity index (χ1n) is 4.79. The molecule has 5 heteroatoms. The first kappa shape index (κ1) is 9.89. The number of H-pyrrole nitrogens is 1. The minimum atomic E-state index is -1.05. The summed E-state index contributed by atoms with van der Waals surface area (Å²) in [6.07, 6.45) is 4.01. The summed E-state index contributed by atoms with van der Waals surface area (Å²) < 4.78 is 11.8. The van der Waals surface area contributed by atoms with E-state index in [-0.39, 0.29) is 5.69 Å². The molecule has 80 valence electrons. The predicted octanol–water partition coefficient (Wildman–Crippen LogP) is 1.75. The number of aldehydes is 1. The van der Waals surface area contributed by atoms with E-state index in [0.29, 0.717) is 18.4 Å². The van der Waals surface area contributed by atoms with Gasteiger partial charge in [-0.25, -0.2) is 9.74 Å². The van der Waals surface area contributed by atoms with Gasteiger partial charge in [0.15, 0.2) is 6.29 Å². The van der Waals surface area contributed by atoms with Crippen molar-refractivity contribution in [1.29, 1.82) is 0 Å². The van der Waals surface area contributed by atoms with Crippen LogP contribution in [0.3, 0.4) is 0 Å². The Bertz CT molecular complexity index is 411. The highest BCUT2D eigenvalue weighted by molar-refractivity contribution is 5.92. The van der Waals surface area contributed by atoms with Gasteiger partial charge in [-0.1, -0.05) is 0 Å². The zero-order valence-electron chi connectivity index (χ0n) is 8.01. The quantitative estimate of drug-likeness (QED) is 0.758. The smallest absolute Gasteiger partial charge is 0.346 e. The van der Waals surface area contributed by atoms with Crippen LogP contribution in [-0.2, 0) is 17.8 Å². The average molecular weight is 211 g/mol. The molecule has 4 nitrogen and oxygen atoms in total. The Labute approximate surface area is 85.3 Å². The standard InChI is InChI=1S/C10H10FNO3/c11-15-10(14)9-7-4-2-1-3-6(7)8(5-13)12-9/h5,12H,1-4H2. The first-order chi connectivity index (χ1) is 7.27. The summed E-state index contributed by atoms with van der Waals surface area (Å²) in [6.45, 7) is 0. The molecule has 0 amide bonds. The molecule has 1 aliphatic carbocycles. The van der Waals surface area contributed by atoms with Gasteiger partial charge in [0.25, 0.3) is 0 Å². The third kappa shape index (κ3) is 1.54. The van der Waals surface area contributed by atoms with Crippen molar-refractivity contribution >= 4 is 12.3 Å². The Hall–Kier alpha value is -1.65. The van der Waals surface area contributed by atoms with E-state index in [4.69, 9.17) is 0 Å². The second kappa shape index (κ2) is 3.84. The Morgan fingerprint density at radius 1 is 1.33 bits per heavy atom. The van der Waals surface area contributed by atoms with Crippen molar-refractivity contribution in [3.05, 3.63) is 22.5 Å². The second-order valence-corrected chi connectivity index (χ2v) is 3.56. The molecule has 0 radical (unpaired) electrons. The van der Waals surface area contributed by atoms with E-state index in [9.17, 15) is 14.1 Å². The van der Waals surface area contributed by atoms with Crippen LogP contribution in [0.1, 0.15) is 44.9 Å². The number of carbonyl (C=O) groups is 2. The number of hydrogen-bond donors (Lipinski definition) is 1. The van der Waals surface area contributed by atoms with E-state index in [2.05, 4.69) is 9.93 Å². The lowest BCUT2D eigenvalue weighted by Crippen LogP contribution is -2.07. The van der Waals surface area contributed by atoms with Gasteiger partial charge in [0.1, 0.15) is 5.69 Å². The van der Waals surface area contributed by atoms with Gasteiger partial charge < -0.3 is 4.98 Å². The van der Waals surface area contributed by atoms with Crippen LogP contribution in [0.4, 0.5) is 4.53 Å². The van der Waals surface area contributed by atoms with Crippen molar-refractivity contribution in [2.24, 2.45) is 0 Å². The van der Waals surface area contributed by atoms with E-state index in [1.807, 2.05) is 0 Å². The number of nitrogens with one attached hydrogen (secondary N) is 1. The van der Waals surface area contributed by atoms with Crippen LogP contribution in [0.25, 0.3) is 0 Å². The summed E-state index contributed by atoms with van der Waals surface area (Å²) in [4.78, 5) is 27.6. The largest absolute Gasteiger partial charge is 0.395 e. The van der Waals surface area contributed by atoms with Crippen molar-refractivity contribution < 1.29 is 19.1 Å². The van der Waals surface area contributed by atoms with E-state index in [1.165, 1.54) is 0 Å². The first-order valence-corrected chi connectivity index (χ1v) is 4.79. The highest BCUT2D eigenvalue weighted by Crippen LogP contribution is 2.27. The molecule has 2 rings (SSSR count). The Kier molecular flexibility index (Phi) is 2.53. The highest BCUT2D eigenvalue weighted by Gasteiger charge is 2.25. The molecular weight excluding hydrogens is 201 g/mol.